The molecule has 1 unspecified atom stereocenters. The highest BCUT2D eigenvalue weighted by molar-refractivity contribution is 5.57. The van der Waals surface area contributed by atoms with E-state index in [1.54, 1.807) is 0 Å². The van der Waals surface area contributed by atoms with Crippen molar-refractivity contribution in [1.29, 1.82) is 0 Å². The summed E-state index contributed by atoms with van der Waals surface area (Å²) in [4.78, 5) is 0. The zero-order valence-electron chi connectivity index (χ0n) is 19.5. The summed E-state index contributed by atoms with van der Waals surface area (Å²) in [7, 11) is 0. The average molecular weight is 381 g/mol. The third-order valence-electron chi connectivity index (χ3n) is 5.49. The van der Waals surface area contributed by atoms with E-state index in [9.17, 15) is 5.11 Å². The van der Waals surface area contributed by atoms with Crippen molar-refractivity contribution in [2.45, 2.75) is 91.4 Å². The first kappa shape index (κ1) is 22.5. The minimum Gasteiger partial charge on any atom is -0.507 e. The van der Waals surface area contributed by atoms with Gasteiger partial charge in [-0.3, -0.25) is 0 Å². The maximum Gasteiger partial charge on any atom is 0.123 e. The van der Waals surface area contributed by atoms with Gasteiger partial charge in [-0.2, -0.15) is 0 Å². The van der Waals surface area contributed by atoms with Crippen LogP contribution in [0.5, 0.6) is 5.75 Å². The van der Waals surface area contributed by atoms with Crippen molar-refractivity contribution in [3.8, 4) is 5.75 Å². The van der Waals surface area contributed by atoms with Crippen LogP contribution < -0.4 is 0 Å². The zero-order valence-corrected chi connectivity index (χ0v) is 19.5. The second kappa shape index (κ2) is 7.93. The van der Waals surface area contributed by atoms with Crippen LogP contribution in [0.25, 0.3) is 0 Å². The van der Waals surface area contributed by atoms with Gasteiger partial charge >= 0.3 is 0 Å². The monoisotopic (exact) mass is 380 g/mol. The van der Waals surface area contributed by atoms with Crippen molar-refractivity contribution in [3.05, 3.63) is 64.8 Å². The van der Waals surface area contributed by atoms with E-state index in [0.717, 1.165) is 24.0 Å². The van der Waals surface area contributed by atoms with Gasteiger partial charge in [0, 0.05) is 5.56 Å². The standard InChI is InChI=1S/C27H40O/c1-25(2,3)21-18-22(26(4,5)6)24(28)20(23(21)27(7,8)9)17-13-16-19-14-11-10-12-15-19/h10-14,16,18-19,28H,15,17H2,1-9H3. The largest absolute Gasteiger partial charge is 0.507 e. The average Bonchev–Trinajstić information content (AvgIpc) is 2.53. The Kier molecular flexibility index (Phi) is 6.38. The molecular weight excluding hydrogens is 340 g/mol. The second-order valence-corrected chi connectivity index (χ2v) is 11.3. The molecular formula is C27H40O. The third-order valence-corrected chi connectivity index (χ3v) is 5.49. The molecule has 1 atom stereocenters. The summed E-state index contributed by atoms with van der Waals surface area (Å²) in [5, 5.41) is 11.3. The summed E-state index contributed by atoms with van der Waals surface area (Å²) in [5.74, 6) is 0.937. The highest BCUT2D eigenvalue weighted by Gasteiger charge is 2.32. The molecule has 154 valence electrons. The van der Waals surface area contributed by atoms with Gasteiger partial charge in [0.05, 0.1) is 0 Å². The molecule has 1 nitrogen and oxygen atoms in total. The molecule has 2 rings (SSSR count). The number of aromatic hydroxyl groups is 1. The Morgan fingerprint density at radius 3 is 1.96 bits per heavy atom. The predicted octanol–water partition coefficient (Wildman–Crippen LogP) is 7.52. The maximum absolute atomic E-state index is 11.3. The Morgan fingerprint density at radius 2 is 1.50 bits per heavy atom. The van der Waals surface area contributed by atoms with Crippen LogP contribution in [0.1, 0.15) is 91.0 Å². The highest BCUT2D eigenvalue weighted by atomic mass is 16.3. The normalized spacial score (nSPS) is 18.2. The Morgan fingerprint density at radius 1 is 0.893 bits per heavy atom. The van der Waals surface area contributed by atoms with Crippen LogP contribution in [0.15, 0.2) is 42.5 Å². The molecule has 0 fully saturated rings. The van der Waals surface area contributed by atoms with Crippen molar-refractivity contribution >= 4 is 0 Å². The van der Waals surface area contributed by atoms with Crippen LogP contribution in [-0.4, -0.2) is 5.11 Å². The molecule has 1 aliphatic carbocycles. The first-order valence-electron chi connectivity index (χ1n) is 10.6. The van der Waals surface area contributed by atoms with Gasteiger partial charge in [0.25, 0.3) is 0 Å². The van der Waals surface area contributed by atoms with Gasteiger partial charge in [-0.05, 0) is 51.7 Å². The molecule has 0 amide bonds. The Bertz CT molecular complexity index is 784. The van der Waals surface area contributed by atoms with Crippen molar-refractivity contribution < 1.29 is 5.11 Å². The predicted molar refractivity (Wildman–Crippen MR) is 123 cm³/mol. The van der Waals surface area contributed by atoms with E-state index in [-0.39, 0.29) is 16.2 Å². The Hall–Kier alpha value is -1.76. The SMILES string of the molecule is CC(C)(C)c1cc(C(C)(C)C)c(C(C)(C)C)c(CC=CC2C=CC=CC2)c1O. The summed E-state index contributed by atoms with van der Waals surface area (Å²) < 4.78 is 0. The number of hydrogen-bond donors (Lipinski definition) is 1. The smallest absolute Gasteiger partial charge is 0.123 e. The van der Waals surface area contributed by atoms with Crippen molar-refractivity contribution in [2.75, 3.05) is 0 Å². The van der Waals surface area contributed by atoms with Gasteiger partial charge in [0.15, 0.2) is 0 Å². The van der Waals surface area contributed by atoms with Crippen molar-refractivity contribution in [1.82, 2.24) is 0 Å². The summed E-state index contributed by atoms with van der Waals surface area (Å²) >= 11 is 0. The number of benzene rings is 1. The van der Waals surface area contributed by atoms with Crippen LogP contribution in [0, 0.1) is 5.92 Å². The molecule has 1 aliphatic rings. The summed E-state index contributed by atoms with van der Waals surface area (Å²) in [5.41, 5.74) is 4.68. The summed E-state index contributed by atoms with van der Waals surface area (Å²) in [6.45, 7) is 20.2. The molecule has 0 radical (unpaired) electrons. The van der Waals surface area contributed by atoms with E-state index in [1.165, 1.54) is 11.1 Å². The van der Waals surface area contributed by atoms with Gasteiger partial charge in [-0.15, -0.1) is 0 Å². The number of phenolic OH excluding ortho intramolecular Hbond substituents is 1. The molecule has 0 saturated heterocycles. The molecule has 1 N–H and O–H groups in total. The lowest BCUT2D eigenvalue weighted by Gasteiger charge is -2.35. The molecule has 1 aromatic rings. The van der Waals surface area contributed by atoms with E-state index >= 15 is 0 Å². The lowest BCUT2D eigenvalue weighted by Crippen LogP contribution is -2.26. The van der Waals surface area contributed by atoms with E-state index in [1.807, 2.05) is 0 Å². The maximum atomic E-state index is 11.3. The van der Waals surface area contributed by atoms with E-state index in [4.69, 9.17) is 0 Å². The fourth-order valence-corrected chi connectivity index (χ4v) is 4.05. The Labute approximate surface area is 173 Å². The first-order valence-corrected chi connectivity index (χ1v) is 10.6. The highest BCUT2D eigenvalue weighted by Crippen LogP contribution is 2.45. The Balaban J connectivity index is 2.64. The minimum absolute atomic E-state index is 0.0195. The number of hydrogen-bond acceptors (Lipinski definition) is 1. The number of phenols is 1. The lowest BCUT2D eigenvalue weighted by molar-refractivity contribution is 0.431. The lowest BCUT2D eigenvalue weighted by atomic mass is 9.69. The first-order chi connectivity index (χ1) is 12.7. The van der Waals surface area contributed by atoms with Crippen LogP contribution in [-0.2, 0) is 22.7 Å². The third kappa shape index (κ3) is 5.19. The number of allylic oxidation sites excluding steroid dienone is 6. The van der Waals surface area contributed by atoms with E-state index < -0.39 is 0 Å². The molecule has 0 spiro atoms. The quantitative estimate of drug-likeness (QED) is 0.538. The minimum atomic E-state index is -0.101. The van der Waals surface area contributed by atoms with E-state index in [0.29, 0.717) is 11.7 Å². The molecule has 28 heavy (non-hydrogen) atoms. The van der Waals surface area contributed by atoms with Gasteiger partial charge in [-0.25, -0.2) is 0 Å². The number of rotatable bonds is 3. The van der Waals surface area contributed by atoms with Crippen molar-refractivity contribution in [2.24, 2.45) is 5.92 Å². The van der Waals surface area contributed by atoms with Gasteiger partial charge < -0.3 is 5.11 Å². The topological polar surface area (TPSA) is 20.2 Å². The van der Waals surface area contributed by atoms with Crippen molar-refractivity contribution in [3.63, 3.8) is 0 Å². The summed E-state index contributed by atoms with van der Waals surface area (Å²) in [6.07, 6.45) is 15.0. The summed E-state index contributed by atoms with van der Waals surface area (Å²) in [6, 6.07) is 2.26. The molecule has 0 saturated carbocycles. The van der Waals surface area contributed by atoms with Crippen LogP contribution >= 0.6 is 0 Å². The van der Waals surface area contributed by atoms with Crippen LogP contribution in [0.4, 0.5) is 0 Å². The second-order valence-electron chi connectivity index (χ2n) is 11.3. The molecule has 1 heteroatoms. The van der Waals surface area contributed by atoms with Gasteiger partial charge in [0.2, 0.25) is 0 Å². The van der Waals surface area contributed by atoms with E-state index in [2.05, 4.69) is 105 Å². The van der Waals surface area contributed by atoms with Crippen LogP contribution in [0.2, 0.25) is 0 Å². The molecule has 0 bridgehead atoms. The van der Waals surface area contributed by atoms with Gasteiger partial charge in [0.1, 0.15) is 5.75 Å². The molecule has 0 aromatic heterocycles. The molecule has 0 aliphatic heterocycles. The zero-order chi connectivity index (χ0) is 21.3. The fourth-order valence-electron chi connectivity index (χ4n) is 4.05. The molecule has 1 aromatic carbocycles. The fraction of sp³-hybridized carbons (Fsp3) is 0.556. The van der Waals surface area contributed by atoms with Gasteiger partial charge in [-0.1, -0.05) is 105 Å². The molecule has 0 heterocycles. The van der Waals surface area contributed by atoms with Crippen LogP contribution in [0.3, 0.4) is 0 Å².